The minimum Gasteiger partial charge on any atom is -0.207 e. The van der Waals surface area contributed by atoms with E-state index in [2.05, 4.69) is 30.3 Å². The minimum absolute atomic E-state index is 0.0433. The molecule has 0 aliphatic carbocycles. The first-order valence-corrected chi connectivity index (χ1v) is 11.3. The van der Waals surface area contributed by atoms with Crippen LogP contribution in [0.1, 0.15) is 27.5 Å². The highest BCUT2D eigenvalue weighted by Gasteiger charge is 2.28. The summed E-state index contributed by atoms with van der Waals surface area (Å²) >= 11 is 1.75. The average Bonchev–Trinajstić information content (AvgIpc) is 2.85. The number of halogens is 2. The normalized spacial score (nSPS) is 16.1. The molecule has 0 amide bonds. The van der Waals surface area contributed by atoms with Gasteiger partial charge in [0.2, 0.25) is 0 Å². The molecule has 1 heterocycles. The van der Waals surface area contributed by atoms with Crippen LogP contribution in [0.15, 0.2) is 115 Å². The van der Waals surface area contributed by atoms with E-state index >= 15 is 0 Å². The van der Waals surface area contributed by atoms with Crippen molar-refractivity contribution >= 4 is 27.8 Å². The van der Waals surface area contributed by atoms with Gasteiger partial charge >= 0.3 is 0 Å². The fraction of sp³-hybridized carbons (Fsp3) is 0.0345. The lowest BCUT2D eigenvalue weighted by Gasteiger charge is -2.29. The van der Waals surface area contributed by atoms with Crippen LogP contribution < -0.4 is 0 Å². The predicted octanol–water partition coefficient (Wildman–Crippen LogP) is 8.40. The monoisotopic (exact) mass is 438 g/mol. The summed E-state index contributed by atoms with van der Waals surface area (Å²) in [5.41, 5.74) is 6.37. The molecule has 1 atom stereocenters. The number of benzene rings is 4. The smallest absolute Gasteiger partial charge is 0.123 e. The summed E-state index contributed by atoms with van der Waals surface area (Å²) in [4.78, 5) is 1.12. The number of hydrogen-bond donors (Lipinski definition) is 0. The van der Waals surface area contributed by atoms with Crippen molar-refractivity contribution in [3.05, 3.63) is 149 Å². The van der Waals surface area contributed by atoms with Gasteiger partial charge in [-0.1, -0.05) is 84.9 Å². The van der Waals surface area contributed by atoms with E-state index in [9.17, 15) is 8.78 Å². The quantitative estimate of drug-likeness (QED) is 0.308. The summed E-state index contributed by atoms with van der Waals surface area (Å²) in [5.74, 6) is -0.513. The lowest BCUT2D eigenvalue weighted by atomic mass is 9.88. The van der Waals surface area contributed by atoms with Gasteiger partial charge in [0.05, 0.1) is 5.25 Å². The van der Waals surface area contributed by atoms with Gasteiger partial charge in [-0.25, -0.2) is 8.78 Å². The highest BCUT2D eigenvalue weighted by Crippen LogP contribution is 2.54. The maximum absolute atomic E-state index is 13.7. The molecule has 0 saturated heterocycles. The minimum atomic E-state index is -0.261. The summed E-state index contributed by atoms with van der Waals surface area (Å²) in [6.07, 6.45) is 2.19. The number of rotatable bonds is 4. The third-order valence-electron chi connectivity index (χ3n) is 5.54. The molecule has 1 aliphatic heterocycles. The van der Waals surface area contributed by atoms with E-state index in [1.807, 2.05) is 60.7 Å². The van der Waals surface area contributed by atoms with Gasteiger partial charge in [-0.3, -0.25) is 0 Å². The summed E-state index contributed by atoms with van der Waals surface area (Å²) in [7, 11) is 0. The van der Waals surface area contributed by atoms with Crippen molar-refractivity contribution in [2.45, 2.75) is 5.25 Å². The van der Waals surface area contributed by atoms with Crippen molar-refractivity contribution in [3.8, 4) is 0 Å². The first-order valence-electron chi connectivity index (χ1n) is 10.4. The van der Waals surface area contributed by atoms with Crippen molar-refractivity contribution in [1.82, 2.24) is 0 Å². The highest BCUT2D eigenvalue weighted by molar-refractivity contribution is 8.09. The summed E-state index contributed by atoms with van der Waals surface area (Å²) in [6.45, 7) is 0. The molecule has 0 spiro atoms. The van der Waals surface area contributed by atoms with Gasteiger partial charge in [-0.15, -0.1) is 11.8 Å². The van der Waals surface area contributed by atoms with E-state index in [-0.39, 0.29) is 16.9 Å². The van der Waals surface area contributed by atoms with Crippen LogP contribution in [0.3, 0.4) is 0 Å². The van der Waals surface area contributed by atoms with Crippen LogP contribution in [-0.2, 0) is 0 Å². The topological polar surface area (TPSA) is 0 Å². The fourth-order valence-electron chi connectivity index (χ4n) is 3.99. The van der Waals surface area contributed by atoms with Crippen LogP contribution in [0.25, 0.3) is 16.1 Å². The van der Waals surface area contributed by atoms with Crippen molar-refractivity contribution < 1.29 is 8.78 Å². The average molecular weight is 439 g/mol. The van der Waals surface area contributed by atoms with Crippen molar-refractivity contribution in [3.63, 3.8) is 0 Å². The standard InChI is InChI=1S/C29H20F2S/c30-24-15-11-20(12-16-24)26-19-27(21-7-3-1-4-8-21)32-29(23-13-17-25(31)18-14-23)28(26)22-9-5-2-6-10-22/h1-19,29H. The summed E-state index contributed by atoms with van der Waals surface area (Å²) in [5, 5.41) is -0.0433. The lowest BCUT2D eigenvalue weighted by Crippen LogP contribution is -2.06. The molecule has 0 fully saturated rings. The lowest BCUT2D eigenvalue weighted by molar-refractivity contribution is 0.627. The molecule has 0 radical (unpaired) electrons. The molecule has 0 bridgehead atoms. The Kier molecular flexibility index (Phi) is 5.74. The molecular weight excluding hydrogens is 418 g/mol. The molecule has 0 saturated carbocycles. The second-order valence-corrected chi connectivity index (χ2v) is 8.77. The Morgan fingerprint density at radius 1 is 0.531 bits per heavy atom. The van der Waals surface area contributed by atoms with E-state index in [0.717, 1.165) is 38.3 Å². The van der Waals surface area contributed by atoms with Crippen LogP contribution in [0.2, 0.25) is 0 Å². The summed E-state index contributed by atoms with van der Waals surface area (Å²) in [6, 6.07) is 33.8. The maximum atomic E-state index is 13.7. The van der Waals surface area contributed by atoms with Crippen molar-refractivity contribution in [2.24, 2.45) is 0 Å². The Hall–Kier alpha value is -3.43. The van der Waals surface area contributed by atoms with E-state index in [1.54, 1.807) is 11.8 Å². The largest absolute Gasteiger partial charge is 0.207 e. The van der Waals surface area contributed by atoms with E-state index in [4.69, 9.17) is 0 Å². The molecule has 32 heavy (non-hydrogen) atoms. The zero-order chi connectivity index (χ0) is 21.9. The van der Waals surface area contributed by atoms with Crippen LogP contribution in [0.4, 0.5) is 8.78 Å². The molecule has 1 aliphatic rings. The molecule has 4 aromatic carbocycles. The van der Waals surface area contributed by atoms with Gasteiger partial charge in [0.15, 0.2) is 0 Å². The molecule has 1 unspecified atom stereocenters. The highest BCUT2D eigenvalue weighted by atomic mass is 32.2. The zero-order valence-electron chi connectivity index (χ0n) is 17.2. The van der Waals surface area contributed by atoms with Crippen molar-refractivity contribution in [1.29, 1.82) is 0 Å². The molecule has 4 aromatic rings. The maximum Gasteiger partial charge on any atom is 0.123 e. The van der Waals surface area contributed by atoms with Gasteiger partial charge in [0, 0.05) is 4.91 Å². The Morgan fingerprint density at radius 3 is 1.66 bits per heavy atom. The van der Waals surface area contributed by atoms with Crippen LogP contribution in [0, 0.1) is 11.6 Å². The van der Waals surface area contributed by atoms with Crippen LogP contribution in [-0.4, -0.2) is 0 Å². The molecule has 3 heteroatoms. The van der Waals surface area contributed by atoms with Gasteiger partial charge < -0.3 is 0 Å². The SMILES string of the molecule is Fc1ccc(C2=C(c3ccccc3)C(c3ccc(F)cc3)SC(c3ccccc3)=C2)cc1. The number of hydrogen-bond acceptors (Lipinski definition) is 1. The van der Waals surface area contributed by atoms with Crippen LogP contribution >= 0.6 is 11.8 Å². The Balaban J connectivity index is 1.78. The van der Waals surface area contributed by atoms with Crippen LogP contribution in [0.5, 0.6) is 0 Å². The Labute approximate surface area is 190 Å². The molecular formula is C29H20F2S. The van der Waals surface area contributed by atoms with Gasteiger partial charge in [-0.2, -0.15) is 0 Å². The predicted molar refractivity (Wildman–Crippen MR) is 131 cm³/mol. The Bertz CT molecular complexity index is 1270. The zero-order valence-corrected chi connectivity index (χ0v) is 18.0. The molecule has 156 valence electrons. The van der Waals surface area contributed by atoms with Crippen molar-refractivity contribution in [2.75, 3.05) is 0 Å². The first-order chi connectivity index (χ1) is 15.7. The molecule has 0 N–H and O–H groups in total. The fourth-order valence-corrected chi connectivity index (χ4v) is 5.38. The third kappa shape index (κ3) is 4.17. The molecule has 5 rings (SSSR count). The van der Waals surface area contributed by atoms with E-state index in [0.29, 0.717) is 0 Å². The second kappa shape index (κ2) is 8.97. The number of thioether (sulfide) groups is 1. The molecule has 0 nitrogen and oxygen atoms in total. The van der Waals surface area contributed by atoms with E-state index in [1.165, 1.54) is 24.3 Å². The molecule has 0 aromatic heterocycles. The summed E-state index contributed by atoms with van der Waals surface area (Å²) < 4.78 is 27.5. The first kappa shape index (κ1) is 20.5. The van der Waals surface area contributed by atoms with Gasteiger partial charge in [0.1, 0.15) is 11.6 Å². The Morgan fingerprint density at radius 2 is 1.06 bits per heavy atom. The third-order valence-corrected chi connectivity index (χ3v) is 6.89. The van der Waals surface area contributed by atoms with Gasteiger partial charge in [-0.05, 0) is 63.7 Å². The van der Waals surface area contributed by atoms with E-state index < -0.39 is 0 Å². The van der Waals surface area contributed by atoms with Gasteiger partial charge in [0.25, 0.3) is 0 Å². The number of allylic oxidation sites excluding steroid dienone is 2. The second-order valence-electron chi connectivity index (χ2n) is 7.62.